The summed E-state index contributed by atoms with van der Waals surface area (Å²) >= 11 is 0. The fourth-order valence-electron chi connectivity index (χ4n) is 2.21. The van der Waals surface area contributed by atoms with Gasteiger partial charge in [-0.2, -0.15) is 0 Å². The standard InChI is InChI=1S/C12H23N3O3/c1-2-13-12(18)14-11(17)8-15-7-5-3-4-6-10(15)9-16/h10,16H,2-9H2,1H3,(H2,13,14,17,18). The highest BCUT2D eigenvalue weighted by molar-refractivity contribution is 5.95. The molecular weight excluding hydrogens is 234 g/mol. The second-order valence-corrected chi connectivity index (χ2v) is 4.56. The maximum absolute atomic E-state index is 11.7. The van der Waals surface area contributed by atoms with Gasteiger partial charge in [-0.3, -0.25) is 15.0 Å². The molecule has 104 valence electrons. The zero-order chi connectivity index (χ0) is 13.4. The summed E-state index contributed by atoms with van der Waals surface area (Å²) in [5.74, 6) is -0.318. The van der Waals surface area contributed by atoms with Crippen LogP contribution in [0.3, 0.4) is 0 Å². The molecule has 1 rings (SSSR count). The van der Waals surface area contributed by atoms with E-state index in [0.29, 0.717) is 6.54 Å². The van der Waals surface area contributed by atoms with E-state index in [1.165, 1.54) is 0 Å². The van der Waals surface area contributed by atoms with Gasteiger partial charge in [0.2, 0.25) is 5.91 Å². The minimum Gasteiger partial charge on any atom is -0.395 e. The number of nitrogens with one attached hydrogen (secondary N) is 2. The first-order chi connectivity index (χ1) is 8.67. The third-order valence-electron chi connectivity index (χ3n) is 3.15. The van der Waals surface area contributed by atoms with Crippen molar-refractivity contribution in [2.24, 2.45) is 0 Å². The number of imide groups is 1. The molecule has 1 unspecified atom stereocenters. The lowest BCUT2D eigenvalue weighted by Gasteiger charge is -2.27. The van der Waals surface area contributed by atoms with E-state index < -0.39 is 6.03 Å². The van der Waals surface area contributed by atoms with Gasteiger partial charge < -0.3 is 10.4 Å². The van der Waals surface area contributed by atoms with E-state index in [1.54, 1.807) is 6.92 Å². The number of carbonyl (C=O) groups is 2. The van der Waals surface area contributed by atoms with Gasteiger partial charge in [0.25, 0.3) is 0 Å². The molecule has 0 saturated carbocycles. The van der Waals surface area contributed by atoms with Gasteiger partial charge in [-0.15, -0.1) is 0 Å². The lowest BCUT2D eigenvalue weighted by Crippen LogP contribution is -2.47. The number of nitrogens with zero attached hydrogens (tertiary/aromatic N) is 1. The van der Waals surface area contributed by atoms with Crippen molar-refractivity contribution in [3.05, 3.63) is 0 Å². The number of carbonyl (C=O) groups excluding carboxylic acids is 2. The maximum Gasteiger partial charge on any atom is 0.321 e. The van der Waals surface area contributed by atoms with Crippen molar-refractivity contribution in [1.29, 1.82) is 0 Å². The van der Waals surface area contributed by atoms with Crippen LogP contribution < -0.4 is 10.6 Å². The summed E-state index contributed by atoms with van der Waals surface area (Å²) in [6.07, 6.45) is 4.15. The molecule has 0 aromatic carbocycles. The molecule has 1 atom stereocenters. The molecule has 1 saturated heterocycles. The first-order valence-corrected chi connectivity index (χ1v) is 6.60. The Morgan fingerprint density at radius 2 is 2.11 bits per heavy atom. The number of aliphatic hydroxyl groups is 1. The van der Waals surface area contributed by atoms with Gasteiger partial charge in [0, 0.05) is 12.6 Å². The molecule has 3 N–H and O–H groups in total. The van der Waals surface area contributed by atoms with Gasteiger partial charge in [-0.25, -0.2) is 4.79 Å². The summed E-state index contributed by atoms with van der Waals surface area (Å²) in [4.78, 5) is 24.8. The number of urea groups is 1. The summed E-state index contributed by atoms with van der Waals surface area (Å²) in [5.41, 5.74) is 0. The second-order valence-electron chi connectivity index (χ2n) is 4.56. The molecule has 0 aromatic rings. The van der Waals surface area contributed by atoms with Crippen molar-refractivity contribution in [3.8, 4) is 0 Å². The third kappa shape index (κ3) is 5.01. The van der Waals surface area contributed by atoms with E-state index >= 15 is 0 Å². The Kier molecular flexibility index (Phi) is 6.67. The summed E-state index contributed by atoms with van der Waals surface area (Å²) in [6.45, 7) is 3.31. The smallest absolute Gasteiger partial charge is 0.321 e. The topological polar surface area (TPSA) is 81.7 Å². The lowest BCUT2D eigenvalue weighted by molar-refractivity contribution is -0.121. The molecule has 0 aliphatic carbocycles. The number of aliphatic hydroxyl groups excluding tert-OH is 1. The molecule has 0 radical (unpaired) electrons. The predicted octanol–water partition coefficient (Wildman–Crippen LogP) is 0.0690. The van der Waals surface area contributed by atoms with Crippen LogP contribution in [0.25, 0.3) is 0 Å². The van der Waals surface area contributed by atoms with Crippen LogP contribution in [0.4, 0.5) is 4.79 Å². The Hall–Kier alpha value is -1.14. The van der Waals surface area contributed by atoms with E-state index in [0.717, 1.165) is 32.2 Å². The van der Waals surface area contributed by atoms with Crippen molar-refractivity contribution in [1.82, 2.24) is 15.5 Å². The first-order valence-electron chi connectivity index (χ1n) is 6.60. The molecule has 6 nitrogen and oxygen atoms in total. The number of likely N-dealkylation sites (tertiary alicyclic amines) is 1. The Labute approximate surface area is 108 Å². The Balaban J connectivity index is 2.42. The number of rotatable bonds is 4. The van der Waals surface area contributed by atoms with Gasteiger partial charge in [0.1, 0.15) is 0 Å². The molecule has 1 fully saturated rings. The van der Waals surface area contributed by atoms with Gasteiger partial charge in [-0.1, -0.05) is 12.8 Å². The molecule has 18 heavy (non-hydrogen) atoms. The highest BCUT2D eigenvalue weighted by atomic mass is 16.3. The highest BCUT2D eigenvalue weighted by Crippen LogP contribution is 2.15. The second kappa shape index (κ2) is 8.05. The SMILES string of the molecule is CCNC(=O)NC(=O)CN1CCCCCC1CO. The van der Waals surface area contributed by atoms with Crippen LogP contribution >= 0.6 is 0 Å². The average Bonchev–Trinajstić information content (AvgIpc) is 2.54. The molecule has 3 amide bonds. The number of hydrogen-bond donors (Lipinski definition) is 3. The summed E-state index contributed by atoms with van der Waals surface area (Å²) in [6, 6.07) is -0.426. The fourth-order valence-corrected chi connectivity index (χ4v) is 2.21. The molecule has 0 bridgehead atoms. The van der Waals surface area contributed by atoms with E-state index in [4.69, 9.17) is 0 Å². The van der Waals surface area contributed by atoms with Crippen molar-refractivity contribution >= 4 is 11.9 Å². The Morgan fingerprint density at radius 1 is 1.33 bits per heavy atom. The molecule has 6 heteroatoms. The van der Waals surface area contributed by atoms with Gasteiger partial charge in [0.15, 0.2) is 0 Å². The van der Waals surface area contributed by atoms with Crippen molar-refractivity contribution in [3.63, 3.8) is 0 Å². The summed E-state index contributed by atoms with van der Waals surface area (Å²) in [7, 11) is 0. The van der Waals surface area contributed by atoms with E-state index in [9.17, 15) is 14.7 Å². The number of amides is 3. The van der Waals surface area contributed by atoms with Crippen LogP contribution in [0, 0.1) is 0 Å². The molecule has 0 aromatic heterocycles. The van der Waals surface area contributed by atoms with Crippen LogP contribution in [0.1, 0.15) is 32.6 Å². The molecule has 1 heterocycles. The van der Waals surface area contributed by atoms with Crippen LogP contribution in [0.5, 0.6) is 0 Å². The van der Waals surface area contributed by atoms with Crippen LogP contribution in [0.2, 0.25) is 0 Å². The van der Waals surface area contributed by atoms with Crippen molar-refractivity contribution in [2.75, 3.05) is 26.2 Å². The normalized spacial score (nSPS) is 21.1. The Morgan fingerprint density at radius 3 is 2.78 bits per heavy atom. The minimum absolute atomic E-state index is 0.0347. The quantitative estimate of drug-likeness (QED) is 0.665. The molecule has 0 spiro atoms. The Bertz CT molecular complexity index is 284. The zero-order valence-corrected chi connectivity index (χ0v) is 10.9. The maximum atomic E-state index is 11.7. The monoisotopic (exact) mass is 257 g/mol. The van der Waals surface area contributed by atoms with E-state index in [2.05, 4.69) is 10.6 Å². The van der Waals surface area contributed by atoms with E-state index in [-0.39, 0.29) is 25.1 Å². The van der Waals surface area contributed by atoms with Gasteiger partial charge in [0.05, 0.1) is 13.2 Å². The van der Waals surface area contributed by atoms with Crippen LogP contribution in [-0.4, -0.2) is 54.2 Å². The highest BCUT2D eigenvalue weighted by Gasteiger charge is 2.22. The summed E-state index contributed by atoms with van der Waals surface area (Å²) in [5, 5.41) is 14.1. The zero-order valence-electron chi connectivity index (χ0n) is 10.9. The molecule has 1 aliphatic rings. The van der Waals surface area contributed by atoms with Gasteiger partial charge >= 0.3 is 6.03 Å². The van der Waals surface area contributed by atoms with Gasteiger partial charge in [-0.05, 0) is 26.3 Å². The number of hydrogen-bond acceptors (Lipinski definition) is 4. The van der Waals surface area contributed by atoms with E-state index in [1.807, 2.05) is 4.90 Å². The molecule has 1 aliphatic heterocycles. The third-order valence-corrected chi connectivity index (χ3v) is 3.15. The average molecular weight is 257 g/mol. The lowest BCUT2D eigenvalue weighted by atomic mass is 10.1. The molecular formula is C12H23N3O3. The predicted molar refractivity (Wildman–Crippen MR) is 68.1 cm³/mol. The fraction of sp³-hybridized carbons (Fsp3) is 0.833. The summed E-state index contributed by atoms with van der Waals surface area (Å²) < 4.78 is 0. The van der Waals surface area contributed by atoms with Crippen molar-refractivity contribution < 1.29 is 14.7 Å². The largest absolute Gasteiger partial charge is 0.395 e. The van der Waals surface area contributed by atoms with Crippen LogP contribution in [-0.2, 0) is 4.79 Å². The minimum atomic E-state index is -0.460. The van der Waals surface area contributed by atoms with Crippen molar-refractivity contribution in [2.45, 2.75) is 38.6 Å². The first kappa shape index (κ1) is 14.9. The van der Waals surface area contributed by atoms with Crippen LogP contribution in [0.15, 0.2) is 0 Å².